The van der Waals surface area contributed by atoms with Crippen LogP contribution in [0.5, 0.6) is 0 Å². The highest BCUT2D eigenvalue weighted by atomic mass is 19.4. The quantitative estimate of drug-likeness (QED) is 0.362. The van der Waals surface area contributed by atoms with Gasteiger partial charge >= 0.3 is 24.3 Å². The lowest BCUT2D eigenvalue weighted by Gasteiger charge is -2.41. The highest BCUT2D eigenvalue weighted by molar-refractivity contribution is 6.10. The van der Waals surface area contributed by atoms with Crippen LogP contribution < -0.4 is 0 Å². The fraction of sp³-hybridized carbons (Fsp3) is 0.280. The van der Waals surface area contributed by atoms with E-state index in [1.165, 1.54) is 13.8 Å². The van der Waals surface area contributed by atoms with Gasteiger partial charge in [0.15, 0.2) is 0 Å². The monoisotopic (exact) mass is 558 g/mol. The van der Waals surface area contributed by atoms with Crippen LogP contribution in [0.15, 0.2) is 81.9 Å². The maximum absolute atomic E-state index is 14.5. The first-order chi connectivity index (χ1) is 17.9. The van der Waals surface area contributed by atoms with E-state index < -0.39 is 64.5 Å². The highest BCUT2D eigenvalue weighted by Crippen LogP contribution is 2.61. The number of rotatable bonds is 6. The van der Waals surface area contributed by atoms with Gasteiger partial charge in [-0.25, -0.2) is 19.6 Å². The Bertz CT molecular complexity index is 1210. The Hall–Kier alpha value is -4.36. The number of aliphatic carboxylic acids is 2. The molecular formula is C25H20F6N2O6. The van der Waals surface area contributed by atoms with Gasteiger partial charge in [0.1, 0.15) is 0 Å². The van der Waals surface area contributed by atoms with E-state index in [1.807, 2.05) is 0 Å². The molecule has 2 rings (SSSR count). The smallest absolute Gasteiger partial charge is 0.411 e. The second-order valence-electron chi connectivity index (χ2n) is 8.33. The molecule has 2 atom stereocenters. The average Bonchev–Trinajstić information content (AvgIpc) is 2.78. The van der Waals surface area contributed by atoms with Gasteiger partial charge < -0.3 is 10.2 Å². The van der Waals surface area contributed by atoms with Crippen molar-refractivity contribution in [3.05, 3.63) is 71.9 Å². The third-order valence-corrected chi connectivity index (χ3v) is 5.59. The van der Waals surface area contributed by atoms with Crippen molar-refractivity contribution >= 4 is 35.2 Å². The number of hydrogen-bond donors (Lipinski definition) is 2. The average molecular weight is 558 g/mol. The topological polar surface area (TPSA) is 133 Å². The SMILES string of the molecule is CC1C=C(C(C2=CC(C)C(=NC(=O)C=CC(=O)O)C=C2)(C(F)(F)F)C(F)(F)F)C=CC1=NC(=O)C=CC(=O)O. The summed E-state index contributed by atoms with van der Waals surface area (Å²) in [6, 6.07) is 0. The van der Waals surface area contributed by atoms with Gasteiger partial charge in [-0.1, -0.05) is 38.2 Å². The summed E-state index contributed by atoms with van der Waals surface area (Å²) in [7, 11) is 0. The van der Waals surface area contributed by atoms with Gasteiger partial charge in [0.25, 0.3) is 11.8 Å². The molecule has 0 saturated carbocycles. The summed E-state index contributed by atoms with van der Waals surface area (Å²) < 4.78 is 87.0. The number of allylic oxidation sites excluding steroid dienone is 8. The lowest BCUT2D eigenvalue weighted by molar-refractivity contribution is -0.308. The first kappa shape index (κ1) is 30.9. The molecule has 0 aromatic heterocycles. The van der Waals surface area contributed by atoms with Crippen molar-refractivity contribution < 1.29 is 55.7 Å². The number of carboxylic acids is 2. The first-order valence-corrected chi connectivity index (χ1v) is 10.9. The lowest BCUT2D eigenvalue weighted by Crippen LogP contribution is -2.53. The van der Waals surface area contributed by atoms with Crippen molar-refractivity contribution in [2.75, 3.05) is 0 Å². The summed E-state index contributed by atoms with van der Waals surface area (Å²) in [5, 5.41) is 17.1. The normalized spacial score (nSPS) is 22.5. The van der Waals surface area contributed by atoms with Gasteiger partial charge in [0, 0.05) is 36.1 Å². The molecule has 0 saturated heterocycles. The predicted molar refractivity (Wildman–Crippen MR) is 126 cm³/mol. The minimum atomic E-state index is -5.90. The van der Waals surface area contributed by atoms with E-state index in [0.29, 0.717) is 48.6 Å². The number of hydrogen-bond acceptors (Lipinski definition) is 4. The van der Waals surface area contributed by atoms with Crippen LogP contribution in [0.3, 0.4) is 0 Å². The van der Waals surface area contributed by atoms with Crippen molar-refractivity contribution in [3.63, 3.8) is 0 Å². The standard InChI is InChI=1S/C25H20F6N2O6/c1-13-11-15(3-5-17(13)32-19(34)7-9-21(36)37)23(24(26,27)28,25(29,30)31)16-4-6-18(14(2)12-16)33-20(35)8-10-22(38)39/h3-14H,1-2H3,(H,36,37)(H,38,39). The van der Waals surface area contributed by atoms with E-state index in [2.05, 4.69) is 9.98 Å². The van der Waals surface area contributed by atoms with Crippen molar-refractivity contribution in [2.45, 2.75) is 26.2 Å². The second kappa shape index (κ2) is 11.6. The van der Waals surface area contributed by atoms with Crippen LogP contribution in [0.1, 0.15) is 13.8 Å². The van der Waals surface area contributed by atoms with Gasteiger partial charge in [-0.05, 0) is 23.3 Å². The summed E-state index contributed by atoms with van der Waals surface area (Å²) in [6.07, 6.45) is -5.68. The zero-order valence-corrected chi connectivity index (χ0v) is 20.1. The lowest BCUT2D eigenvalue weighted by atomic mass is 9.67. The van der Waals surface area contributed by atoms with Crippen LogP contribution in [-0.4, -0.2) is 57.7 Å². The number of amides is 2. The molecule has 2 aliphatic carbocycles. The van der Waals surface area contributed by atoms with Gasteiger partial charge in [-0.2, -0.15) is 26.3 Å². The third-order valence-electron chi connectivity index (χ3n) is 5.59. The Morgan fingerprint density at radius 3 is 1.26 bits per heavy atom. The number of alkyl halides is 6. The summed E-state index contributed by atoms with van der Waals surface area (Å²) in [6.45, 7) is 2.42. The molecule has 0 bridgehead atoms. The van der Waals surface area contributed by atoms with E-state index >= 15 is 0 Å². The number of aliphatic imine (C=N–C) groups is 2. The molecule has 0 aliphatic heterocycles. The molecule has 0 spiro atoms. The molecule has 208 valence electrons. The predicted octanol–water partition coefficient (Wildman–Crippen LogP) is 4.58. The zero-order valence-electron chi connectivity index (χ0n) is 20.1. The van der Waals surface area contributed by atoms with Crippen LogP contribution in [-0.2, 0) is 19.2 Å². The molecule has 8 nitrogen and oxygen atoms in total. The molecule has 2 unspecified atom stereocenters. The number of carbonyl (C=O) groups excluding carboxylic acids is 2. The second-order valence-corrected chi connectivity index (χ2v) is 8.33. The molecule has 0 aromatic carbocycles. The number of nitrogens with zero attached hydrogens (tertiary/aromatic N) is 2. The van der Waals surface area contributed by atoms with Crippen molar-refractivity contribution in [1.82, 2.24) is 0 Å². The summed E-state index contributed by atoms with van der Waals surface area (Å²) in [4.78, 5) is 51.7. The van der Waals surface area contributed by atoms with Crippen LogP contribution in [0.25, 0.3) is 0 Å². The molecule has 0 heterocycles. The van der Waals surface area contributed by atoms with Crippen molar-refractivity contribution in [3.8, 4) is 0 Å². The maximum atomic E-state index is 14.5. The van der Waals surface area contributed by atoms with Crippen LogP contribution in [0.4, 0.5) is 26.3 Å². The van der Waals surface area contributed by atoms with E-state index in [1.54, 1.807) is 0 Å². The molecule has 0 fully saturated rings. The summed E-state index contributed by atoms with van der Waals surface area (Å²) in [5.41, 5.74) is -7.27. The van der Waals surface area contributed by atoms with Gasteiger partial charge in [0.2, 0.25) is 5.41 Å². The molecule has 14 heteroatoms. The van der Waals surface area contributed by atoms with Crippen LogP contribution >= 0.6 is 0 Å². The maximum Gasteiger partial charge on any atom is 0.411 e. The Labute approximate surface area is 216 Å². The Kier molecular flexibility index (Phi) is 9.16. The molecule has 2 N–H and O–H groups in total. The minimum absolute atomic E-state index is 0.194. The molecule has 2 amide bonds. The molecule has 2 aliphatic rings. The van der Waals surface area contributed by atoms with E-state index in [-0.39, 0.29) is 11.4 Å². The fourth-order valence-corrected chi connectivity index (χ4v) is 3.85. The van der Waals surface area contributed by atoms with Crippen molar-refractivity contribution in [1.29, 1.82) is 0 Å². The molecule has 0 aromatic rings. The van der Waals surface area contributed by atoms with E-state index in [9.17, 15) is 45.5 Å². The fourth-order valence-electron chi connectivity index (χ4n) is 3.85. The first-order valence-electron chi connectivity index (χ1n) is 10.9. The van der Waals surface area contributed by atoms with E-state index in [4.69, 9.17) is 10.2 Å². The van der Waals surface area contributed by atoms with Crippen molar-refractivity contribution in [2.24, 2.45) is 27.2 Å². The molecular weight excluding hydrogens is 538 g/mol. The van der Waals surface area contributed by atoms with Gasteiger partial charge in [-0.15, -0.1) is 0 Å². The molecule has 0 radical (unpaired) electrons. The number of halogens is 6. The Balaban J connectivity index is 2.60. The summed E-state index contributed by atoms with van der Waals surface area (Å²) in [5.74, 6) is -7.48. The zero-order chi connectivity index (χ0) is 29.8. The Morgan fingerprint density at radius 2 is 1.00 bits per heavy atom. The highest BCUT2D eigenvalue weighted by Gasteiger charge is 2.73. The van der Waals surface area contributed by atoms with Gasteiger partial charge in [-0.3, -0.25) is 9.59 Å². The largest absolute Gasteiger partial charge is 0.478 e. The van der Waals surface area contributed by atoms with Crippen LogP contribution in [0.2, 0.25) is 0 Å². The summed E-state index contributed by atoms with van der Waals surface area (Å²) >= 11 is 0. The number of carbonyl (C=O) groups is 4. The Morgan fingerprint density at radius 1 is 0.667 bits per heavy atom. The van der Waals surface area contributed by atoms with E-state index in [0.717, 1.165) is 12.2 Å². The molecule has 39 heavy (non-hydrogen) atoms. The van der Waals surface area contributed by atoms with Crippen LogP contribution in [0, 0.1) is 17.3 Å². The van der Waals surface area contributed by atoms with Gasteiger partial charge in [0.05, 0.1) is 11.4 Å². The number of carboxylic acid groups (broad SMARTS) is 2. The third kappa shape index (κ3) is 6.94. The minimum Gasteiger partial charge on any atom is -0.478 e.